The van der Waals surface area contributed by atoms with Gasteiger partial charge >= 0.3 is 33.0 Å². The van der Waals surface area contributed by atoms with Crippen LogP contribution in [0.5, 0.6) is 0 Å². The number of hydrogen-bond acceptors (Lipinski definition) is 0. The first-order chi connectivity index (χ1) is 14.7. The number of hydrogen-bond donors (Lipinski definition) is 0. The van der Waals surface area contributed by atoms with E-state index in [1.807, 2.05) is 0 Å². The monoisotopic (exact) mass is 490 g/mol. The van der Waals surface area contributed by atoms with E-state index >= 15 is 0 Å². The van der Waals surface area contributed by atoms with E-state index in [1.165, 1.54) is 36.3 Å². The summed E-state index contributed by atoms with van der Waals surface area (Å²) in [6.45, 7) is 4.58. The van der Waals surface area contributed by atoms with E-state index in [2.05, 4.69) is 86.6 Å². The molecule has 0 aromatic heterocycles. The van der Waals surface area contributed by atoms with E-state index in [0.717, 1.165) is 0 Å². The molecule has 0 bridgehead atoms. The van der Waals surface area contributed by atoms with Crippen LogP contribution in [0.4, 0.5) is 25.2 Å². The zero-order valence-corrected chi connectivity index (χ0v) is 19.7. The number of aryl methyl sites for hydroxylation is 2. The molecule has 0 aliphatic carbocycles. The summed E-state index contributed by atoms with van der Waals surface area (Å²) < 4.78 is 59.2. The molecule has 0 radical (unpaired) electrons. The van der Waals surface area contributed by atoms with Gasteiger partial charge in [-0.1, -0.05) is 48.5 Å². The molecule has 4 rings (SSSR count). The number of rotatable bonds is 2. The Hall–Kier alpha value is -1.90. The van der Waals surface area contributed by atoms with Crippen molar-refractivity contribution in [1.82, 2.24) is 0 Å². The molecule has 32 heavy (non-hydrogen) atoms. The van der Waals surface area contributed by atoms with Crippen molar-refractivity contribution in [3.05, 3.63) is 95.1 Å². The molecule has 1 heterocycles. The second kappa shape index (κ2) is 8.15. The van der Waals surface area contributed by atoms with Gasteiger partial charge in [-0.15, -0.1) is 0 Å². The van der Waals surface area contributed by atoms with Crippen LogP contribution < -0.4 is 10.6 Å². The van der Waals surface area contributed by atoms with Gasteiger partial charge in [-0.3, -0.25) is 0 Å². The molecule has 0 unspecified atom stereocenters. The summed E-state index contributed by atoms with van der Waals surface area (Å²) >= 11 is 0. The van der Waals surface area contributed by atoms with E-state index in [9.17, 15) is 25.2 Å². The van der Waals surface area contributed by atoms with Gasteiger partial charge in [-0.2, -0.15) is 0 Å². The molecule has 0 saturated carbocycles. The van der Waals surface area contributed by atoms with Crippen molar-refractivity contribution < 1.29 is 25.2 Å². The number of benzene rings is 3. The van der Waals surface area contributed by atoms with Gasteiger partial charge in [0.25, 0.3) is 0 Å². The van der Waals surface area contributed by atoms with Crippen molar-refractivity contribution in [3.63, 3.8) is 0 Å². The van der Waals surface area contributed by atoms with Crippen molar-refractivity contribution in [2.24, 2.45) is 0 Å². The van der Waals surface area contributed by atoms with Crippen LogP contribution in [0.3, 0.4) is 0 Å². The molecule has 0 N–H and O–H groups in total. The molecule has 0 spiro atoms. The van der Waals surface area contributed by atoms with Gasteiger partial charge in [0, 0.05) is 0 Å². The number of fused-ring (bicyclic) bond motifs is 1. The minimum absolute atomic E-state index is 1.21. The Morgan fingerprint density at radius 2 is 1.16 bits per heavy atom. The third-order valence-corrected chi connectivity index (χ3v) is 10.4. The molecule has 174 valence electrons. The molecule has 3 aromatic rings. The summed E-state index contributed by atoms with van der Waals surface area (Å²) in [5, 5.41) is 3.13. The SMILES string of the molecule is Cc1ccc2c(c1C)C[P+](c1ccccc1)(c1ccccc1)CCC2.F[P-](F)(F)(F)(F)F. The van der Waals surface area contributed by atoms with Crippen LogP contribution in [0.15, 0.2) is 72.8 Å². The fourth-order valence-electron chi connectivity index (χ4n) is 4.29. The molecular weight excluding hydrogens is 464 g/mol. The third-order valence-electron chi connectivity index (χ3n) is 5.88. The van der Waals surface area contributed by atoms with E-state index in [0.29, 0.717) is 0 Å². The Morgan fingerprint density at radius 1 is 0.688 bits per heavy atom. The van der Waals surface area contributed by atoms with E-state index in [1.54, 1.807) is 21.7 Å². The van der Waals surface area contributed by atoms with Crippen molar-refractivity contribution in [2.45, 2.75) is 32.9 Å². The van der Waals surface area contributed by atoms with Gasteiger partial charge in [0.1, 0.15) is 0 Å². The molecule has 1 aliphatic heterocycles. The maximum atomic E-state index is 9.87. The van der Waals surface area contributed by atoms with Crippen molar-refractivity contribution in [2.75, 3.05) is 6.16 Å². The van der Waals surface area contributed by atoms with Crippen LogP contribution >= 0.6 is 15.1 Å². The van der Waals surface area contributed by atoms with Gasteiger partial charge < -0.3 is 0 Å². The first-order valence-electron chi connectivity index (χ1n) is 10.3. The average Bonchev–Trinajstić information content (AvgIpc) is 2.91. The van der Waals surface area contributed by atoms with Crippen LogP contribution in [0.1, 0.15) is 28.7 Å². The van der Waals surface area contributed by atoms with Crippen LogP contribution in [0.25, 0.3) is 0 Å². The molecule has 0 atom stereocenters. The van der Waals surface area contributed by atoms with Crippen LogP contribution in [-0.2, 0) is 12.6 Å². The first-order valence-corrected chi connectivity index (χ1v) is 14.5. The zero-order chi connectivity index (χ0) is 23.7. The minimum atomic E-state index is -10.7. The van der Waals surface area contributed by atoms with E-state index in [4.69, 9.17) is 0 Å². The molecule has 1 aliphatic rings. The van der Waals surface area contributed by atoms with Crippen LogP contribution in [0, 0.1) is 13.8 Å². The summed E-state index contributed by atoms with van der Waals surface area (Å²) in [4.78, 5) is 0. The van der Waals surface area contributed by atoms with Gasteiger partial charge in [0.05, 0.1) is 30.2 Å². The van der Waals surface area contributed by atoms with Crippen LogP contribution in [0.2, 0.25) is 0 Å². The summed E-state index contributed by atoms with van der Waals surface area (Å²) in [5.41, 5.74) is 6.14. The standard InChI is InChI=1S/C24H26P.F6P/c1-19-15-16-21-10-9-17-25(18-24(21)20(19)2,22-11-5-3-6-12-22)23-13-7-4-8-14-23;1-7(2,3,4,5)6/h3-8,11-16H,9-10,17-18H2,1-2H3;/q+1;-1. The van der Waals surface area contributed by atoms with Crippen molar-refractivity contribution in [3.8, 4) is 0 Å². The number of halogens is 6. The zero-order valence-electron chi connectivity index (χ0n) is 17.9. The molecule has 8 heteroatoms. The van der Waals surface area contributed by atoms with Gasteiger partial charge in [-0.05, 0) is 73.2 Å². The fraction of sp³-hybridized carbons (Fsp3) is 0.250. The van der Waals surface area contributed by atoms with Crippen LogP contribution in [-0.4, -0.2) is 6.16 Å². The summed E-state index contributed by atoms with van der Waals surface area (Å²) in [6, 6.07) is 27.3. The predicted octanol–water partition coefficient (Wildman–Crippen LogP) is 8.80. The Morgan fingerprint density at radius 3 is 1.62 bits per heavy atom. The van der Waals surface area contributed by atoms with Gasteiger partial charge in [0.15, 0.2) is 0 Å². The third kappa shape index (κ3) is 6.80. The quantitative estimate of drug-likeness (QED) is 0.249. The maximum absolute atomic E-state index is 10.7. The second-order valence-electron chi connectivity index (χ2n) is 8.23. The normalized spacial score (nSPS) is 17.6. The Labute approximate surface area is 185 Å². The Bertz CT molecular complexity index is 1030. The molecule has 0 saturated heterocycles. The summed E-state index contributed by atoms with van der Waals surface area (Å²) in [5.74, 6) is 0. The molecule has 0 fully saturated rings. The second-order valence-corrected chi connectivity index (χ2v) is 13.9. The first kappa shape index (κ1) is 24.7. The Kier molecular flexibility index (Phi) is 6.30. The van der Waals surface area contributed by atoms with Gasteiger partial charge in [0.2, 0.25) is 0 Å². The molecule has 3 aromatic carbocycles. The molecular formula is C24H26F6P2. The summed E-state index contributed by atoms with van der Waals surface area (Å²) in [7, 11) is -12.1. The molecule has 0 nitrogen and oxygen atoms in total. The van der Waals surface area contributed by atoms with Crippen molar-refractivity contribution >= 4 is 25.7 Å². The predicted molar refractivity (Wildman–Crippen MR) is 125 cm³/mol. The van der Waals surface area contributed by atoms with Gasteiger partial charge in [-0.25, -0.2) is 0 Å². The topological polar surface area (TPSA) is 0 Å². The Balaban J connectivity index is 0.000000360. The average molecular weight is 490 g/mol. The molecule has 0 amide bonds. The summed E-state index contributed by atoms with van der Waals surface area (Å²) in [6.07, 6.45) is 5.03. The fourth-order valence-corrected chi connectivity index (χ4v) is 8.79. The van der Waals surface area contributed by atoms with E-state index in [-0.39, 0.29) is 0 Å². The van der Waals surface area contributed by atoms with E-state index < -0.39 is 15.1 Å². The van der Waals surface area contributed by atoms with Crippen molar-refractivity contribution in [1.29, 1.82) is 0 Å².